The highest BCUT2D eigenvalue weighted by molar-refractivity contribution is 7.94. The fourth-order valence-electron chi connectivity index (χ4n) is 6.78. The van der Waals surface area contributed by atoms with Crippen molar-refractivity contribution in [1.82, 2.24) is 4.48 Å². The first kappa shape index (κ1) is 33.9. The molecule has 2 aromatic rings. The molecule has 5 rings (SSSR count). The SMILES string of the molecule is CC1(C)C(C=C/C=C2\C(C)(C)c3cc(S(=O)(=O)O)ccc3[N+]23CC3S(=O)(=O)O)=C(CCS(=O)(=O)O)c2ccc(SOOO)cc21. The van der Waals surface area contributed by atoms with Crippen LogP contribution in [0.5, 0.6) is 0 Å². The summed E-state index contributed by atoms with van der Waals surface area (Å²) in [6.45, 7) is 7.44. The maximum Gasteiger partial charge on any atom is 0.326 e. The number of benzene rings is 2. The van der Waals surface area contributed by atoms with Crippen molar-refractivity contribution in [1.29, 1.82) is 0 Å². The third-order valence-corrected chi connectivity index (χ3v) is 12.2. The monoisotopic (exact) mass is 702 g/mol. The molecule has 1 aliphatic carbocycles. The van der Waals surface area contributed by atoms with Gasteiger partial charge in [0.2, 0.25) is 0 Å². The lowest BCUT2D eigenvalue weighted by atomic mass is 9.80. The first-order valence-electron chi connectivity index (χ1n) is 13.5. The maximum atomic E-state index is 12.4. The van der Waals surface area contributed by atoms with E-state index in [9.17, 15) is 38.9 Å². The zero-order chi connectivity index (χ0) is 33.4. The van der Waals surface area contributed by atoms with E-state index in [1.165, 1.54) is 18.2 Å². The van der Waals surface area contributed by atoms with Gasteiger partial charge in [-0.15, -0.1) is 4.33 Å². The molecule has 0 radical (unpaired) electrons. The summed E-state index contributed by atoms with van der Waals surface area (Å²) < 4.78 is 106. The molecular formula is C28H32NO12S4+. The largest absolute Gasteiger partial charge is 0.326 e. The lowest BCUT2D eigenvalue weighted by Gasteiger charge is -2.24. The van der Waals surface area contributed by atoms with Crippen LogP contribution in [0.4, 0.5) is 5.69 Å². The van der Waals surface area contributed by atoms with Crippen molar-refractivity contribution in [2.45, 2.75) is 60.1 Å². The van der Waals surface area contributed by atoms with Gasteiger partial charge in [-0.1, -0.05) is 37.1 Å². The van der Waals surface area contributed by atoms with Crippen LogP contribution >= 0.6 is 12.0 Å². The number of rotatable bonds is 10. The van der Waals surface area contributed by atoms with Crippen molar-refractivity contribution in [2.24, 2.45) is 0 Å². The van der Waals surface area contributed by atoms with Gasteiger partial charge in [-0.3, -0.25) is 13.7 Å². The second kappa shape index (κ2) is 11.1. The highest BCUT2D eigenvalue weighted by Crippen LogP contribution is 2.61. The van der Waals surface area contributed by atoms with Crippen LogP contribution in [0.3, 0.4) is 0 Å². The van der Waals surface area contributed by atoms with Gasteiger partial charge in [0.15, 0.2) is 6.54 Å². The van der Waals surface area contributed by atoms with Crippen LogP contribution in [0.25, 0.3) is 5.57 Å². The molecule has 1 spiro atoms. The Hall–Kier alpha value is -2.42. The predicted octanol–water partition coefficient (Wildman–Crippen LogP) is 4.65. The molecular weight excluding hydrogens is 671 g/mol. The summed E-state index contributed by atoms with van der Waals surface area (Å²) in [5, 5.41) is 11.0. The summed E-state index contributed by atoms with van der Waals surface area (Å²) >= 11 is 0.768. The molecule has 0 aromatic heterocycles. The summed E-state index contributed by atoms with van der Waals surface area (Å²) in [5.41, 5.74) is 2.85. The third-order valence-electron chi connectivity index (χ3n) is 8.86. The number of fused-ring (bicyclic) bond motifs is 3. The van der Waals surface area contributed by atoms with Gasteiger partial charge in [0, 0.05) is 21.9 Å². The van der Waals surface area contributed by atoms with Crippen LogP contribution in [0.2, 0.25) is 0 Å². The Morgan fingerprint density at radius 2 is 1.64 bits per heavy atom. The fraction of sp³-hybridized carbons (Fsp3) is 0.357. The Labute approximate surface area is 265 Å². The molecule has 45 heavy (non-hydrogen) atoms. The molecule has 0 bridgehead atoms. The van der Waals surface area contributed by atoms with Gasteiger partial charge >= 0.3 is 10.1 Å². The van der Waals surface area contributed by atoms with Gasteiger partial charge in [-0.05, 0) is 72.9 Å². The van der Waals surface area contributed by atoms with E-state index in [4.69, 9.17) is 5.26 Å². The van der Waals surface area contributed by atoms with E-state index in [0.717, 1.165) is 28.7 Å². The maximum absolute atomic E-state index is 12.4. The molecule has 1 saturated heterocycles. The van der Waals surface area contributed by atoms with E-state index < -0.39 is 52.3 Å². The van der Waals surface area contributed by atoms with E-state index in [1.54, 1.807) is 44.2 Å². The molecule has 2 aromatic carbocycles. The quantitative estimate of drug-likeness (QED) is 0.0666. The molecule has 2 heterocycles. The standard InChI is InChI=1S/C28H31NO12S4/c1-27(2)21(20(12-13-43(31,32)33)19-10-8-17(14-22(19)27)42-41-40-30)6-5-7-25-28(3,4)23-15-18(44(34,35)36)9-11-24(23)29(25)16-26(29)45(37,38)39/h5-11,14-15,26H,12-13,16H2,1-4H3,(H3-,30,31,32,33,34,35,36,37,38,39)/p+1/b6-5?,25-7+. The van der Waals surface area contributed by atoms with Crippen molar-refractivity contribution < 1.29 is 53.5 Å². The van der Waals surface area contributed by atoms with Crippen molar-refractivity contribution in [3.8, 4) is 0 Å². The molecule has 0 amide bonds. The van der Waals surface area contributed by atoms with Gasteiger partial charge in [0.25, 0.3) is 25.6 Å². The summed E-state index contributed by atoms with van der Waals surface area (Å²) in [4.78, 5) is 0.249. The average molecular weight is 703 g/mol. The molecule has 13 nitrogen and oxygen atoms in total. The third kappa shape index (κ3) is 5.96. The molecule has 17 heteroatoms. The minimum absolute atomic E-state index is 0.00553. The molecule has 244 valence electrons. The summed E-state index contributed by atoms with van der Waals surface area (Å²) in [6.07, 6.45) is 5.17. The van der Waals surface area contributed by atoms with Gasteiger partial charge in [-0.25, -0.2) is 9.74 Å². The lowest BCUT2D eigenvalue weighted by Crippen LogP contribution is -2.33. The Kier molecular flexibility index (Phi) is 8.36. The molecule has 0 saturated carbocycles. The zero-order valence-electron chi connectivity index (χ0n) is 24.5. The minimum atomic E-state index is -4.55. The molecule has 3 aliphatic rings. The normalized spacial score (nSPS) is 24.5. The Bertz CT molecular complexity index is 2010. The Morgan fingerprint density at radius 3 is 2.22 bits per heavy atom. The van der Waals surface area contributed by atoms with Crippen molar-refractivity contribution in [3.05, 3.63) is 82.6 Å². The lowest BCUT2D eigenvalue weighted by molar-refractivity contribution is -0.432. The summed E-state index contributed by atoms with van der Waals surface area (Å²) in [6, 6.07) is 9.23. The smallest absolute Gasteiger partial charge is 0.286 e. The van der Waals surface area contributed by atoms with E-state index in [0.29, 0.717) is 27.4 Å². The minimum Gasteiger partial charge on any atom is -0.286 e. The van der Waals surface area contributed by atoms with E-state index in [2.05, 4.69) is 9.37 Å². The first-order chi connectivity index (χ1) is 20.7. The van der Waals surface area contributed by atoms with E-state index in [1.807, 2.05) is 19.9 Å². The number of hydrogen-bond acceptors (Lipinski definition) is 10. The number of nitrogens with zero attached hydrogens (tertiary/aromatic N) is 1. The van der Waals surface area contributed by atoms with Crippen molar-refractivity contribution >= 4 is 53.7 Å². The van der Waals surface area contributed by atoms with Crippen LogP contribution in [-0.2, 0) is 50.6 Å². The number of allylic oxidation sites excluding steroid dienone is 6. The summed E-state index contributed by atoms with van der Waals surface area (Å²) in [5.74, 6) is -0.525. The summed E-state index contributed by atoms with van der Waals surface area (Å²) in [7, 11) is -13.4. The molecule has 1 fully saturated rings. The molecule has 2 unspecified atom stereocenters. The van der Waals surface area contributed by atoms with Crippen LogP contribution in [-0.4, -0.2) is 61.8 Å². The Balaban J connectivity index is 1.63. The number of quaternary nitrogens is 1. The van der Waals surface area contributed by atoms with Gasteiger partial charge in [0.1, 0.15) is 11.4 Å². The number of hydrogen-bond donors (Lipinski definition) is 4. The van der Waals surface area contributed by atoms with Crippen molar-refractivity contribution in [3.63, 3.8) is 0 Å². The van der Waals surface area contributed by atoms with Gasteiger partial charge < -0.3 is 0 Å². The topological polar surface area (TPSA) is 202 Å². The van der Waals surface area contributed by atoms with E-state index >= 15 is 0 Å². The second-order valence-corrected chi connectivity index (χ2v) is 17.5. The average Bonchev–Trinajstić information content (AvgIpc) is 3.60. The van der Waals surface area contributed by atoms with Gasteiger partial charge in [0.05, 0.1) is 28.1 Å². The first-order valence-corrected chi connectivity index (χ1v) is 18.8. The van der Waals surface area contributed by atoms with Crippen LogP contribution in [0.1, 0.15) is 50.8 Å². The second-order valence-electron chi connectivity index (χ2n) is 12.2. The molecule has 2 aliphatic heterocycles. The Morgan fingerprint density at radius 1 is 0.956 bits per heavy atom. The van der Waals surface area contributed by atoms with Crippen LogP contribution in [0.15, 0.2) is 75.7 Å². The van der Waals surface area contributed by atoms with E-state index in [-0.39, 0.29) is 22.3 Å². The highest BCUT2D eigenvalue weighted by Gasteiger charge is 2.73. The zero-order valence-corrected chi connectivity index (χ0v) is 27.8. The fourth-order valence-corrected chi connectivity index (χ4v) is 9.25. The molecule has 4 N–H and O–H groups in total. The van der Waals surface area contributed by atoms with Crippen molar-refractivity contribution in [2.75, 3.05) is 12.3 Å². The predicted molar refractivity (Wildman–Crippen MR) is 167 cm³/mol. The van der Waals surface area contributed by atoms with Crippen LogP contribution < -0.4 is 4.48 Å². The van der Waals surface area contributed by atoms with Gasteiger partial charge in [-0.2, -0.15) is 25.3 Å². The highest BCUT2D eigenvalue weighted by atomic mass is 32.2. The van der Waals surface area contributed by atoms with Crippen LogP contribution in [0, 0.1) is 0 Å². The molecule has 2 atom stereocenters.